The van der Waals surface area contributed by atoms with Gasteiger partial charge in [0.15, 0.2) is 5.78 Å². The highest BCUT2D eigenvalue weighted by molar-refractivity contribution is 6.08. The molecule has 0 amide bonds. The Balaban J connectivity index is 1.99. The number of ketones is 1. The molecule has 0 bridgehead atoms. The van der Waals surface area contributed by atoms with Crippen LogP contribution in [0.1, 0.15) is 72.9 Å². The molecule has 6 heteroatoms. The number of carboxylic acid groups (broad SMARTS) is 1. The molecular weight excluding hydrogens is 450 g/mol. The second kappa shape index (κ2) is 11.7. The molecule has 1 aliphatic heterocycles. The Morgan fingerprint density at radius 3 is 2.22 bits per heavy atom. The number of hydrogen-bond acceptors (Lipinski definition) is 5. The fourth-order valence-corrected chi connectivity index (χ4v) is 4.33. The smallest absolute Gasteiger partial charge is 0.335 e. The van der Waals surface area contributed by atoms with Crippen LogP contribution in [0.2, 0.25) is 0 Å². The Kier molecular flexibility index (Phi) is 8.96. The van der Waals surface area contributed by atoms with Crippen LogP contribution in [0, 0.1) is 5.92 Å². The van der Waals surface area contributed by atoms with Gasteiger partial charge in [-0.2, -0.15) is 0 Å². The van der Waals surface area contributed by atoms with Crippen molar-refractivity contribution >= 4 is 29.2 Å². The van der Waals surface area contributed by atoms with Crippen molar-refractivity contribution < 1.29 is 14.7 Å². The second-order valence-electron chi connectivity index (χ2n) is 11.2. The molecule has 1 aliphatic rings. The monoisotopic (exact) mass is 491 g/mol. The van der Waals surface area contributed by atoms with E-state index in [9.17, 15) is 9.59 Å². The van der Waals surface area contributed by atoms with Crippen LogP contribution in [-0.2, 0) is 5.41 Å². The minimum Gasteiger partial charge on any atom is -0.478 e. The van der Waals surface area contributed by atoms with Crippen LogP contribution in [0.25, 0.3) is 6.08 Å². The van der Waals surface area contributed by atoms with Crippen LogP contribution in [0.5, 0.6) is 0 Å². The Morgan fingerprint density at radius 1 is 1.03 bits per heavy atom. The number of hydrogen-bond donors (Lipinski definition) is 2. The first-order valence-corrected chi connectivity index (χ1v) is 12.9. The molecule has 0 atom stereocenters. The van der Waals surface area contributed by atoms with E-state index in [1.54, 1.807) is 36.4 Å². The molecule has 194 valence electrons. The van der Waals surface area contributed by atoms with Crippen molar-refractivity contribution in [2.24, 2.45) is 5.92 Å². The van der Waals surface area contributed by atoms with Gasteiger partial charge in [-0.3, -0.25) is 4.79 Å². The zero-order chi connectivity index (χ0) is 26.5. The maximum atomic E-state index is 13.3. The first-order chi connectivity index (χ1) is 17.0. The van der Waals surface area contributed by atoms with Crippen molar-refractivity contribution in [1.82, 2.24) is 4.90 Å². The molecular formula is C30H41N3O3. The van der Waals surface area contributed by atoms with Crippen molar-refractivity contribution in [3.8, 4) is 0 Å². The van der Waals surface area contributed by atoms with Gasteiger partial charge in [-0.1, -0.05) is 52.8 Å². The summed E-state index contributed by atoms with van der Waals surface area (Å²) in [6.45, 7) is 15.7. The van der Waals surface area contributed by atoms with E-state index in [-0.39, 0.29) is 16.8 Å². The highest BCUT2D eigenvalue weighted by Gasteiger charge is 2.26. The van der Waals surface area contributed by atoms with Crippen molar-refractivity contribution in [3.05, 3.63) is 64.7 Å². The average molecular weight is 492 g/mol. The van der Waals surface area contributed by atoms with Crippen LogP contribution in [0.15, 0.2) is 42.5 Å². The molecule has 1 heterocycles. The SMILES string of the molecule is CC(C)CCNc1c(N2CCN(C)CC2)cc(C(=O)/C=C/c2ccc(C(=O)O)cc2)cc1C(C)(C)C. The predicted molar refractivity (Wildman–Crippen MR) is 150 cm³/mol. The lowest BCUT2D eigenvalue weighted by molar-refractivity contribution is 0.0696. The minimum absolute atomic E-state index is 0.0630. The maximum Gasteiger partial charge on any atom is 0.335 e. The van der Waals surface area contributed by atoms with E-state index >= 15 is 0 Å². The van der Waals surface area contributed by atoms with E-state index < -0.39 is 5.97 Å². The first-order valence-electron chi connectivity index (χ1n) is 12.9. The first kappa shape index (κ1) is 27.5. The normalized spacial score (nSPS) is 15.0. The molecule has 0 saturated carbocycles. The molecule has 0 spiro atoms. The summed E-state index contributed by atoms with van der Waals surface area (Å²) in [6.07, 6.45) is 4.40. The largest absolute Gasteiger partial charge is 0.478 e. The van der Waals surface area contributed by atoms with Crippen LogP contribution < -0.4 is 10.2 Å². The van der Waals surface area contributed by atoms with E-state index in [0.717, 1.165) is 61.6 Å². The minimum atomic E-state index is -0.963. The molecule has 0 aliphatic carbocycles. The molecule has 1 fully saturated rings. The van der Waals surface area contributed by atoms with E-state index in [4.69, 9.17) is 5.11 Å². The number of carboxylic acids is 1. The van der Waals surface area contributed by atoms with Gasteiger partial charge in [-0.15, -0.1) is 0 Å². The van der Waals surface area contributed by atoms with Crippen molar-refractivity contribution in [2.45, 2.75) is 46.5 Å². The third-order valence-electron chi connectivity index (χ3n) is 6.66. The lowest BCUT2D eigenvalue weighted by atomic mass is 9.83. The van der Waals surface area contributed by atoms with Gasteiger partial charge in [0.2, 0.25) is 0 Å². The highest BCUT2D eigenvalue weighted by atomic mass is 16.4. The van der Waals surface area contributed by atoms with Gasteiger partial charge >= 0.3 is 5.97 Å². The third kappa shape index (κ3) is 7.20. The number of rotatable bonds is 9. The number of nitrogens with zero attached hydrogens (tertiary/aromatic N) is 2. The summed E-state index contributed by atoms with van der Waals surface area (Å²) in [7, 11) is 2.15. The van der Waals surface area contributed by atoms with Gasteiger partial charge in [-0.05, 0) is 66.3 Å². The Bertz CT molecular complexity index is 1090. The van der Waals surface area contributed by atoms with E-state index in [2.05, 4.69) is 56.8 Å². The predicted octanol–water partition coefficient (Wildman–Crippen LogP) is 5.79. The molecule has 0 unspecified atom stereocenters. The number of likely N-dealkylation sites (N-methyl/N-ethyl adjacent to an activating group) is 1. The van der Waals surface area contributed by atoms with Crippen molar-refractivity contribution in [1.29, 1.82) is 0 Å². The standard InChI is InChI=1S/C30H41N3O3/c1-21(2)13-14-31-28-25(30(3,4)5)19-24(20-26(28)33-17-15-32(6)16-18-33)27(34)12-9-22-7-10-23(11-8-22)29(35)36/h7-12,19-21,31H,13-18H2,1-6H3,(H,35,36)/b12-9+. The molecule has 2 aromatic carbocycles. The summed E-state index contributed by atoms with van der Waals surface area (Å²) in [5, 5.41) is 12.8. The average Bonchev–Trinajstić information content (AvgIpc) is 2.82. The second-order valence-corrected chi connectivity index (χ2v) is 11.2. The van der Waals surface area contributed by atoms with Crippen LogP contribution >= 0.6 is 0 Å². The summed E-state index contributed by atoms with van der Waals surface area (Å²) in [6, 6.07) is 10.6. The van der Waals surface area contributed by atoms with Gasteiger partial charge in [0.05, 0.1) is 16.9 Å². The Morgan fingerprint density at radius 2 is 1.67 bits per heavy atom. The van der Waals surface area contributed by atoms with Crippen LogP contribution in [-0.4, -0.2) is 61.5 Å². The molecule has 2 N–H and O–H groups in total. The summed E-state index contributed by atoms with van der Waals surface area (Å²) in [5.74, 6) is -0.417. The van der Waals surface area contributed by atoms with Gasteiger partial charge in [-0.25, -0.2) is 4.79 Å². The topological polar surface area (TPSA) is 72.9 Å². The summed E-state index contributed by atoms with van der Waals surface area (Å²) in [4.78, 5) is 29.2. The lowest BCUT2D eigenvalue weighted by Gasteiger charge is -2.37. The molecule has 0 radical (unpaired) electrons. The molecule has 0 aromatic heterocycles. The van der Waals surface area contributed by atoms with E-state index in [0.29, 0.717) is 11.5 Å². The maximum absolute atomic E-state index is 13.3. The van der Waals surface area contributed by atoms with Crippen LogP contribution in [0.4, 0.5) is 11.4 Å². The number of carbonyl (C=O) groups excluding carboxylic acids is 1. The van der Waals surface area contributed by atoms with Gasteiger partial charge in [0.25, 0.3) is 0 Å². The fraction of sp³-hybridized carbons (Fsp3) is 0.467. The number of carbonyl (C=O) groups is 2. The van der Waals surface area contributed by atoms with Gasteiger partial charge in [0.1, 0.15) is 0 Å². The molecule has 1 saturated heterocycles. The van der Waals surface area contributed by atoms with Crippen molar-refractivity contribution in [3.63, 3.8) is 0 Å². The molecule has 6 nitrogen and oxygen atoms in total. The van der Waals surface area contributed by atoms with Crippen LogP contribution in [0.3, 0.4) is 0 Å². The van der Waals surface area contributed by atoms with Gasteiger partial charge < -0.3 is 20.2 Å². The Hall–Kier alpha value is -3.12. The summed E-state index contributed by atoms with van der Waals surface area (Å²) in [5.41, 5.74) is 4.92. The number of allylic oxidation sites excluding steroid dienone is 1. The third-order valence-corrected chi connectivity index (χ3v) is 6.66. The Labute approximate surface area is 216 Å². The summed E-state index contributed by atoms with van der Waals surface area (Å²) >= 11 is 0. The van der Waals surface area contributed by atoms with E-state index in [1.807, 2.05) is 12.1 Å². The summed E-state index contributed by atoms with van der Waals surface area (Å²) < 4.78 is 0. The molecule has 2 aromatic rings. The molecule has 36 heavy (non-hydrogen) atoms. The van der Waals surface area contributed by atoms with Gasteiger partial charge in [0, 0.05) is 38.3 Å². The zero-order valence-corrected chi connectivity index (χ0v) is 22.6. The fourth-order valence-electron chi connectivity index (χ4n) is 4.33. The quantitative estimate of drug-likeness (QED) is 0.342. The highest BCUT2D eigenvalue weighted by Crippen LogP contribution is 2.39. The lowest BCUT2D eigenvalue weighted by Crippen LogP contribution is -2.45. The number of anilines is 2. The van der Waals surface area contributed by atoms with E-state index in [1.165, 1.54) is 0 Å². The number of piperazine rings is 1. The zero-order valence-electron chi connectivity index (χ0n) is 22.6. The number of aromatic carboxylic acids is 1. The number of nitrogens with one attached hydrogen (secondary N) is 1. The molecule has 3 rings (SSSR count). The van der Waals surface area contributed by atoms with Crippen molar-refractivity contribution in [2.75, 3.05) is 50.0 Å². The number of benzene rings is 2.